The lowest BCUT2D eigenvalue weighted by molar-refractivity contribution is -0.124. The molecule has 18 heavy (non-hydrogen) atoms. The highest BCUT2D eigenvalue weighted by Gasteiger charge is 2.31. The van der Waals surface area contributed by atoms with Crippen LogP contribution in [-0.4, -0.2) is 30.9 Å². The number of hydrogen-bond acceptors (Lipinski definition) is 2. The van der Waals surface area contributed by atoms with Crippen molar-refractivity contribution in [3.63, 3.8) is 0 Å². The molecule has 0 saturated heterocycles. The minimum Gasteiger partial charge on any atom is -0.311 e. The van der Waals surface area contributed by atoms with Gasteiger partial charge in [0.05, 0.1) is 0 Å². The van der Waals surface area contributed by atoms with Gasteiger partial charge in [0.25, 0.3) is 0 Å². The number of fused-ring (bicyclic) bond motifs is 1. The molecule has 1 heterocycles. The van der Waals surface area contributed by atoms with Crippen molar-refractivity contribution in [3.8, 4) is 0 Å². The molecule has 0 atom stereocenters. The fraction of sp³-hybridized carbons (Fsp3) is 0.533. The third-order valence-corrected chi connectivity index (χ3v) is 4.15. The third kappa shape index (κ3) is 2.03. The van der Waals surface area contributed by atoms with Crippen LogP contribution in [0.15, 0.2) is 24.3 Å². The summed E-state index contributed by atoms with van der Waals surface area (Å²) in [6.07, 6.45) is 3.37. The average Bonchev–Trinajstić information content (AvgIpc) is 2.45. The summed E-state index contributed by atoms with van der Waals surface area (Å²) < 4.78 is 0. The Hall–Kier alpha value is -1.35. The van der Waals surface area contributed by atoms with E-state index in [1.807, 2.05) is 11.0 Å². The fourth-order valence-corrected chi connectivity index (χ4v) is 2.77. The van der Waals surface area contributed by atoms with E-state index < -0.39 is 0 Å². The van der Waals surface area contributed by atoms with Crippen molar-refractivity contribution in [1.29, 1.82) is 0 Å². The second kappa shape index (κ2) is 4.73. The molecule has 1 saturated carbocycles. The number of para-hydroxylation sites is 1. The van der Waals surface area contributed by atoms with Gasteiger partial charge < -0.3 is 9.80 Å². The maximum absolute atomic E-state index is 12.5. The van der Waals surface area contributed by atoms with Gasteiger partial charge in [0.15, 0.2) is 0 Å². The van der Waals surface area contributed by atoms with Crippen LogP contribution in [-0.2, 0) is 11.3 Å². The van der Waals surface area contributed by atoms with E-state index in [2.05, 4.69) is 30.1 Å². The summed E-state index contributed by atoms with van der Waals surface area (Å²) in [5.41, 5.74) is 2.39. The first-order valence-corrected chi connectivity index (χ1v) is 6.83. The van der Waals surface area contributed by atoms with E-state index in [1.54, 1.807) is 0 Å². The number of rotatable bonds is 1. The van der Waals surface area contributed by atoms with E-state index in [1.165, 1.54) is 12.0 Å². The molecule has 0 spiro atoms. The first-order chi connectivity index (χ1) is 8.75. The van der Waals surface area contributed by atoms with Crippen LogP contribution >= 0.6 is 0 Å². The Bertz CT molecular complexity index is 454. The number of benzene rings is 1. The van der Waals surface area contributed by atoms with E-state index in [0.717, 1.165) is 38.2 Å². The fourth-order valence-electron chi connectivity index (χ4n) is 2.77. The highest BCUT2D eigenvalue weighted by Crippen LogP contribution is 2.32. The van der Waals surface area contributed by atoms with Gasteiger partial charge in [-0.05, 0) is 31.5 Å². The second-order valence-electron chi connectivity index (χ2n) is 5.48. The number of likely N-dealkylation sites (N-methyl/N-ethyl adjacent to an activating group) is 1. The van der Waals surface area contributed by atoms with E-state index in [0.29, 0.717) is 5.91 Å². The molecule has 0 bridgehead atoms. The van der Waals surface area contributed by atoms with Crippen LogP contribution in [0.5, 0.6) is 0 Å². The highest BCUT2D eigenvalue weighted by molar-refractivity contribution is 5.96. The minimum absolute atomic E-state index is 0.279. The number of carbonyl (C=O) groups excluding carboxylic acids is 1. The number of nitrogens with zero attached hydrogens (tertiary/aromatic N) is 2. The van der Waals surface area contributed by atoms with Gasteiger partial charge >= 0.3 is 0 Å². The van der Waals surface area contributed by atoms with Crippen LogP contribution in [0, 0.1) is 5.92 Å². The molecule has 0 N–H and O–H groups in total. The molecule has 0 radical (unpaired) electrons. The first kappa shape index (κ1) is 11.7. The van der Waals surface area contributed by atoms with Crippen molar-refractivity contribution >= 4 is 11.6 Å². The molecule has 0 unspecified atom stereocenters. The van der Waals surface area contributed by atoms with E-state index >= 15 is 0 Å². The molecule has 1 aromatic carbocycles. The number of hydrogen-bond donors (Lipinski definition) is 0. The zero-order valence-electron chi connectivity index (χ0n) is 10.9. The Morgan fingerprint density at radius 2 is 2.00 bits per heavy atom. The second-order valence-corrected chi connectivity index (χ2v) is 5.48. The van der Waals surface area contributed by atoms with Crippen molar-refractivity contribution in [2.24, 2.45) is 5.92 Å². The van der Waals surface area contributed by atoms with Gasteiger partial charge in [-0.3, -0.25) is 4.79 Å². The van der Waals surface area contributed by atoms with E-state index in [-0.39, 0.29) is 5.92 Å². The maximum Gasteiger partial charge on any atom is 0.230 e. The molecule has 1 aromatic rings. The topological polar surface area (TPSA) is 23.6 Å². The average molecular weight is 244 g/mol. The van der Waals surface area contributed by atoms with Crippen LogP contribution in [0.1, 0.15) is 24.8 Å². The number of amides is 1. The summed E-state index contributed by atoms with van der Waals surface area (Å²) in [5, 5.41) is 0. The molecule has 96 valence electrons. The first-order valence-electron chi connectivity index (χ1n) is 6.83. The van der Waals surface area contributed by atoms with E-state index in [9.17, 15) is 4.79 Å². The van der Waals surface area contributed by atoms with Crippen LogP contribution in [0.25, 0.3) is 0 Å². The van der Waals surface area contributed by atoms with Crippen LogP contribution in [0.2, 0.25) is 0 Å². The molecule has 0 aromatic heterocycles. The summed E-state index contributed by atoms with van der Waals surface area (Å²) in [6, 6.07) is 8.32. The third-order valence-electron chi connectivity index (χ3n) is 4.15. The van der Waals surface area contributed by atoms with Gasteiger partial charge in [-0.2, -0.15) is 0 Å². The minimum atomic E-state index is 0.279. The van der Waals surface area contributed by atoms with Gasteiger partial charge in [0.1, 0.15) is 0 Å². The molecule has 3 nitrogen and oxygen atoms in total. The van der Waals surface area contributed by atoms with E-state index in [4.69, 9.17) is 0 Å². The Kier molecular flexibility index (Phi) is 3.08. The smallest absolute Gasteiger partial charge is 0.230 e. The SMILES string of the molecule is CN1CCN(C(=O)C2CCC2)c2ccccc2C1. The van der Waals surface area contributed by atoms with Crippen molar-refractivity contribution < 1.29 is 4.79 Å². The Morgan fingerprint density at radius 3 is 2.72 bits per heavy atom. The van der Waals surface area contributed by atoms with Crippen molar-refractivity contribution in [2.75, 3.05) is 25.0 Å². The number of anilines is 1. The summed E-state index contributed by atoms with van der Waals surface area (Å²) in [4.78, 5) is 16.8. The lowest BCUT2D eigenvalue weighted by Crippen LogP contribution is -2.41. The highest BCUT2D eigenvalue weighted by atomic mass is 16.2. The molecule has 1 aliphatic carbocycles. The predicted molar refractivity (Wildman–Crippen MR) is 72.5 cm³/mol. The standard InChI is InChI=1S/C15H20N2O/c1-16-9-10-17(15(18)12-6-4-7-12)14-8-3-2-5-13(14)11-16/h2-3,5,8,12H,4,6-7,9-11H2,1H3. The van der Waals surface area contributed by atoms with Crippen LogP contribution < -0.4 is 4.90 Å². The van der Waals surface area contributed by atoms with Crippen molar-refractivity contribution in [3.05, 3.63) is 29.8 Å². The van der Waals surface area contributed by atoms with Gasteiger partial charge in [0, 0.05) is 31.2 Å². The molecule has 2 aliphatic rings. The molecule has 1 amide bonds. The van der Waals surface area contributed by atoms with Gasteiger partial charge in [0.2, 0.25) is 5.91 Å². The summed E-state index contributed by atoms with van der Waals surface area (Å²) >= 11 is 0. The monoisotopic (exact) mass is 244 g/mol. The Morgan fingerprint density at radius 1 is 1.22 bits per heavy atom. The quantitative estimate of drug-likeness (QED) is 0.756. The largest absolute Gasteiger partial charge is 0.311 e. The number of carbonyl (C=O) groups is 1. The maximum atomic E-state index is 12.5. The van der Waals surface area contributed by atoms with Crippen LogP contribution in [0.3, 0.4) is 0 Å². The lowest BCUT2D eigenvalue weighted by atomic mass is 9.84. The molecular weight excluding hydrogens is 224 g/mol. The normalized spacial score (nSPS) is 21.1. The Labute approximate surface area is 108 Å². The molecule has 1 fully saturated rings. The molecule has 1 aliphatic heterocycles. The zero-order chi connectivity index (χ0) is 12.5. The van der Waals surface area contributed by atoms with Crippen molar-refractivity contribution in [2.45, 2.75) is 25.8 Å². The summed E-state index contributed by atoms with van der Waals surface area (Å²) in [6.45, 7) is 2.71. The summed E-state index contributed by atoms with van der Waals surface area (Å²) in [5.74, 6) is 0.616. The van der Waals surface area contributed by atoms with Gasteiger partial charge in [-0.1, -0.05) is 24.6 Å². The van der Waals surface area contributed by atoms with Gasteiger partial charge in [-0.15, -0.1) is 0 Å². The predicted octanol–water partition coefficient (Wildman–Crippen LogP) is 2.27. The molecule has 3 rings (SSSR count). The Balaban J connectivity index is 1.91. The van der Waals surface area contributed by atoms with Crippen molar-refractivity contribution in [1.82, 2.24) is 4.90 Å². The summed E-state index contributed by atoms with van der Waals surface area (Å²) in [7, 11) is 2.12. The molecule has 3 heteroatoms. The van der Waals surface area contributed by atoms with Crippen LogP contribution in [0.4, 0.5) is 5.69 Å². The zero-order valence-corrected chi connectivity index (χ0v) is 10.9. The van der Waals surface area contributed by atoms with Gasteiger partial charge in [-0.25, -0.2) is 0 Å². The molecular formula is C15H20N2O. The lowest BCUT2D eigenvalue weighted by Gasteiger charge is -2.31.